The molecule has 31 heavy (non-hydrogen) atoms. The quantitative estimate of drug-likeness (QED) is 0.698. The molecule has 9 heteroatoms. The van der Waals surface area contributed by atoms with Crippen LogP contribution in [-0.4, -0.2) is 37.1 Å². The van der Waals surface area contributed by atoms with Gasteiger partial charge in [0.2, 0.25) is 24.5 Å². The van der Waals surface area contributed by atoms with E-state index in [9.17, 15) is 14.4 Å². The molecule has 0 aliphatic carbocycles. The molecule has 0 bridgehead atoms. The van der Waals surface area contributed by atoms with Crippen molar-refractivity contribution in [3.63, 3.8) is 0 Å². The van der Waals surface area contributed by atoms with E-state index in [4.69, 9.17) is 13.9 Å². The van der Waals surface area contributed by atoms with Crippen LogP contribution in [0.2, 0.25) is 0 Å². The molecular formula is C22H25N3O6. The molecule has 1 fully saturated rings. The van der Waals surface area contributed by atoms with Gasteiger partial charge >= 0.3 is 0 Å². The molecular weight excluding hydrogens is 402 g/mol. The van der Waals surface area contributed by atoms with Crippen LogP contribution < -0.4 is 25.0 Å². The fourth-order valence-electron chi connectivity index (χ4n) is 3.69. The minimum absolute atomic E-state index is 0.0824. The van der Waals surface area contributed by atoms with Gasteiger partial charge in [-0.15, -0.1) is 0 Å². The lowest BCUT2D eigenvalue weighted by Gasteiger charge is -2.23. The molecule has 2 atom stereocenters. The van der Waals surface area contributed by atoms with Gasteiger partial charge in [-0.1, -0.05) is 13.8 Å². The minimum Gasteiger partial charge on any atom is -0.467 e. The van der Waals surface area contributed by atoms with E-state index in [0.29, 0.717) is 22.9 Å². The van der Waals surface area contributed by atoms with Crippen molar-refractivity contribution < 1.29 is 28.3 Å². The van der Waals surface area contributed by atoms with Crippen LogP contribution in [-0.2, 0) is 20.9 Å². The Bertz CT molecular complexity index is 972. The average Bonchev–Trinajstić information content (AvgIpc) is 3.49. The Hall–Kier alpha value is -3.49. The van der Waals surface area contributed by atoms with Crippen molar-refractivity contribution in [1.29, 1.82) is 0 Å². The van der Waals surface area contributed by atoms with Gasteiger partial charge in [-0.2, -0.15) is 0 Å². The van der Waals surface area contributed by atoms with Crippen molar-refractivity contribution in [3.05, 3.63) is 42.4 Å². The summed E-state index contributed by atoms with van der Waals surface area (Å²) in [6.45, 7) is 4.34. The third-order valence-electron chi connectivity index (χ3n) is 5.43. The molecule has 2 aliphatic rings. The van der Waals surface area contributed by atoms with E-state index in [1.165, 1.54) is 6.26 Å². The number of nitrogens with zero attached hydrogens (tertiary/aromatic N) is 1. The van der Waals surface area contributed by atoms with Crippen LogP contribution in [0.4, 0.5) is 5.69 Å². The molecule has 0 saturated carbocycles. The maximum absolute atomic E-state index is 12.9. The number of hydrogen-bond donors (Lipinski definition) is 2. The largest absolute Gasteiger partial charge is 0.467 e. The highest BCUT2D eigenvalue weighted by atomic mass is 16.7. The molecule has 3 amide bonds. The first-order valence-corrected chi connectivity index (χ1v) is 10.2. The second-order valence-corrected chi connectivity index (χ2v) is 7.97. The number of amides is 3. The summed E-state index contributed by atoms with van der Waals surface area (Å²) in [7, 11) is 0. The van der Waals surface area contributed by atoms with Crippen LogP contribution in [0.3, 0.4) is 0 Å². The standard InChI is InChI=1S/C22H25N3O6/c1-13(2)20(22(28)23-10-16-4-3-7-29-16)24-21(27)14-8-19(26)25(11-14)15-5-6-17-18(9-15)31-12-30-17/h3-7,9,13-14,20H,8,10-12H2,1-2H3,(H,23,28)(H,24,27). The van der Waals surface area contributed by atoms with Crippen LogP contribution >= 0.6 is 0 Å². The zero-order valence-electron chi connectivity index (χ0n) is 17.4. The topological polar surface area (TPSA) is 110 Å². The fraction of sp³-hybridized carbons (Fsp3) is 0.409. The van der Waals surface area contributed by atoms with Crippen molar-refractivity contribution in [2.75, 3.05) is 18.2 Å². The van der Waals surface area contributed by atoms with Crippen LogP contribution in [0.5, 0.6) is 11.5 Å². The first-order chi connectivity index (χ1) is 14.9. The first kappa shape index (κ1) is 20.8. The molecule has 2 N–H and O–H groups in total. The van der Waals surface area contributed by atoms with E-state index in [2.05, 4.69) is 10.6 Å². The van der Waals surface area contributed by atoms with Crippen molar-refractivity contribution >= 4 is 23.4 Å². The van der Waals surface area contributed by atoms with Crippen molar-refractivity contribution in [2.45, 2.75) is 32.9 Å². The highest BCUT2D eigenvalue weighted by molar-refractivity contribution is 6.01. The molecule has 2 unspecified atom stereocenters. The zero-order valence-corrected chi connectivity index (χ0v) is 17.4. The van der Waals surface area contributed by atoms with Crippen molar-refractivity contribution in [2.24, 2.45) is 11.8 Å². The van der Waals surface area contributed by atoms with Gasteiger partial charge < -0.3 is 29.4 Å². The molecule has 1 aromatic carbocycles. The van der Waals surface area contributed by atoms with Crippen LogP contribution in [0.25, 0.3) is 0 Å². The lowest BCUT2D eigenvalue weighted by atomic mass is 10.0. The lowest BCUT2D eigenvalue weighted by Crippen LogP contribution is -2.51. The molecule has 3 heterocycles. The summed E-state index contributed by atoms with van der Waals surface area (Å²) in [4.78, 5) is 39.6. The molecule has 9 nitrogen and oxygen atoms in total. The van der Waals surface area contributed by atoms with E-state index >= 15 is 0 Å². The number of anilines is 1. The summed E-state index contributed by atoms with van der Waals surface area (Å²) >= 11 is 0. The number of rotatable bonds is 7. The van der Waals surface area contributed by atoms with Gasteiger partial charge in [0.05, 0.1) is 18.7 Å². The number of ether oxygens (including phenoxy) is 2. The maximum atomic E-state index is 12.9. The summed E-state index contributed by atoms with van der Waals surface area (Å²) in [6.07, 6.45) is 1.62. The smallest absolute Gasteiger partial charge is 0.243 e. The Labute approximate surface area is 179 Å². The Kier molecular flexibility index (Phi) is 5.83. The molecule has 4 rings (SSSR count). The summed E-state index contributed by atoms with van der Waals surface area (Å²) in [5.74, 6) is 0.404. The van der Waals surface area contributed by atoms with Crippen LogP contribution in [0.1, 0.15) is 26.0 Å². The second kappa shape index (κ2) is 8.71. The second-order valence-electron chi connectivity index (χ2n) is 7.97. The zero-order chi connectivity index (χ0) is 22.0. The Balaban J connectivity index is 1.37. The monoisotopic (exact) mass is 427 g/mol. The fourth-order valence-corrected chi connectivity index (χ4v) is 3.69. The summed E-state index contributed by atoms with van der Waals surface area (Å²) in [5.41, 5.74) is 0.654. The molecule has 0 radical (unpaired) electrons. The van der Waals surface area contributed by atoms with Gasteiger partial charge in [0.25, 0.3) is 0 Å². The third kappa shape index (κ3) is 4.50. The normalized spacial score (nSPS) is 18.4. The number of hydrogen-bond acceptors (Lipinski definition) is 6. The number of furan rings is 1. The SMILES string of the molecule is CC(C)C(NC(=O)C1CC(=O)N(c2ccc3c(c2)OCO3)C1)C(=O)NCc1ccco1. The number of benzene rings is 1. The Morgan fingerprint density at radius 3 is 2.74 bits per heavy atom. The molecule has 164 valence electrons. The first-order valence-electron chi connectivity index (χ1n) is 10.2. The van der Waals surface area contributed by atoms with Crippen molar-refractivity contribution in [1.82, 2.24) is 10.6 Å². The van der Waals surface area contributed by atoms with Crippen molar-refractivity contribution in [3.8, 4) is 11.5 Å². The number of nitrogens with one attached hydrogen (secondary N) is 2. The van der Waals surface area contributed by atoms with E-state index in [1.54, 1.807) is 35.2 Å². The van der Waals surface area contributed by atoms with Gasteiger partial charge in [0.15, 0.2) is 11.5 Å². The highest BCUT2D eigenvalue weighted by Gasteiger charge is 2.37. The minimum atomic E-state index is -0.711. The number of carbonyl (C=O) groups is 3. The average molecular weight is 427 g/mol. The van der Waals surface area contributed by atoms with Gasteiger partial charge in [-0.25, -0.2) is 0 Å². The summed E-state index contributed by atoms with van der Waals surface area (Å²) < 4.78 is 15.9. The number of fused-ring (bicyclic) bond motifs is 1. The van der Waals surface area contributed by atoms with Gasteiger partial charge in [-0.3, -0.25) is 14.4 Å². The molecule has 1 saturated heterocycles. The predicted octanol–water partition coefficient (Wildman–Crippen LogP) is 1.82. The van der Waals surface area contributed by atoms with Crippen LogP contribution in [0, 0.1) is 11.8 Å². The van der Waals surface area contributed by atoms with Gasteiger partial charge in [-0.05, 0) is 30.2 Å². The Morgan fingerprint density at radius 2 is 2.00 bits per heavy atom. The lowest BCUT2D eigenvalue weighted by molar-refractivity contribution is -0.132. The molecule has 0 spiro atoms. The molecule has 2 aromatic rings. The van der Waals surface area contributed by atoms with E-state index in [1.807, 2.05) is 13.8 Å². The van der Waals surface area contributed by atoms with E-state index in [0.717, 1.165) is 0 Å². The summed E-state index contributed by atoms with van der Waals surface area (Å²) in [5, 5.41) is 5.60. The van der Waals surface area contributed by atoms with E-state index in [-0.39, 0.29) is 49.9 Å². The molecule has 1 aromatic heterocycles. The Morgan fingerprint density at radius 1 is 1.19 bits per heavy atom. The maximum Gasteiger partial charge on any atom is 0.243 e. The number of carbonyl (C=O) groups excluding carboxylic acids is 3. The highest BCUT2D eigenvalue weighted by Crippen LogP contribution is 2.37. The van der Waals surface area contributed by atoms with E-state index < -0.39 is 12.0 Å². The summed E-state index contributed by atoms with van der Waals surface area (Å²) in [6, 6.07) is 8.04. The molecule has 2 aliphatic heterocycles. The third-order valence-corrected chi connectivity index (χ3v) is 5.43. The van der Waals surface area contributed by atoms with Gasteiger partial charge in [0.1, 0.15) is 11.8 Å². The van der Waals surface area contributed by atoms with Crippen LogP contribution in [0.15, 0.2) is 41.0 Å². The predicted molar refractivity (Wildman–Crippen MR) is 110 cm³/mol. The van der Waals surface area contributed by atoms with Gasteiger partial charge in [0, 0.05) is 24.7 Å².